The number of imidazole rings is 1. The molecule has 1 aromatic heterocycles. The van der Waals surface area contributed by atoms with E-state index in [2.05, 4.69) is 26.3 Å². The van der Waals surface area contributed by atoms with Crippen LogP contribution in [0.3, 0.4) is 0 Å². The van der Waals surface area contributed by atoms with Crippen LogP contribution in [0, 0.1) is 0 Å². The number of anilines is 2. The summed E-state index contributed by atoms with van der Waals surface area (Å²) in [7, 11) is 0. The molecule has 0 saturated heterocycles. The average Bonchev–Trinajstić information content (AvgIpc) is 3.10. The molecule has 1 aliphatic rings. The monoisotopic (exact) mass is 286 g/mol. The molecule has 0 radical (unpaired) electrons. The summed E-state index contributed by atoms with van der Waals surface area (Å²) in [4.78, 5) is 21.0. The van der Waals surface area contributed by atoms with E-state index in [1.165, 1.54) is 5.56 Å². The molecule has 1 aliphatic heterocycles. The molecule has 1 amide bonds. The van der Waals surface area contributed by atoms with Gasteiger partial charge in [0.1, 0.15) is 0 Å². The number of nitrogens with zero attached hydrogens (tertiary/aromatic N) is 2. The van der Waals surface area contributed by atoms with E-state index >= 15 is 0 Å². The van der Waals surface area contributed by atoms with Crippen LogP contribution in [0.4, 0.5) is 16.2 Å². The molecule has 0 saturated carbocycles. The maximum absolute atomic E-state index is 11.5. The number of hydrogen-bond acceptors (Lipinski definition) is 4. The van der Waals surface area contributed by atoms with Crippen LogP contribution in [0.2, 0.25) is 0 Å². The Bertz CT molecular complexity index is 625. The van der Waals surface area contributed by atoms with Crippen molar-refractivity contribution in [2.45, 2.75) is 19.9 Å². The molecule has 0 bridgehead atoms. The van der Waals surface area contributed by atoms with Gasteiger partial charge in [0.2, 0.25) is 0 Å². The SMILES string of the molecule is CCOC(=O)Nc1ccc2c(c1)N(Cc1c[nH]cn1)CC2. The summed E-state index contributed by atoms with van der Waals surface area (Å²) in [5.41, 5.74) is 4.19. The molecule has 110 valence electrons. The number of carbonyl (C=O) groups is 1. The van der Waals surface area contributed by atoms with Gasteiger partial charge in [0.25, 0.3) is 0 Å². The number of nitrogens with one attached hydrogen (secondary N) is 2. The third kappa shape index (κ3) is 2.99. The predicted molar refractivity (Wildman–Crippen MR) is 80.4 cm³/mol. The zero-order valence-corrected chi connectivity index (χ0v) is 11.9. The lowest BCUT2D eigenvalue weighted by Crippen LogP contribution is -2.20. The minimum absolute atomic E-state index is 0.363. The van der Waals surface area contributed by atoms with E-state index < -0.39 is 6.09 Å². The van der Waals surface area contributed by atoms with Crippen molar-refractivity contribution in [3.63, 3.8) is 0 Å². The summed E-state index contributed by atoms with van der Waals surface area (Å²) < 4.78 is 4.90. The highest BCUT2D eigenvalue weighted by Gasteiger charge is 2.20. The molecule has 3 rings (SSSR count). The Labute approximate surface area is 123 Å². The number of amides is 1. The Morgan fingerprint density at radius 3 is 3.19 bits per heavy atom. The summed E-state index contributed by atoms with van der Waals surface area (Å²) in [6.07, 6.45) is 4.18. The Kier molecular flexibility index (Phi) is 3.77. The maximum atomic E-state index is 11.5. The Morgan fingerprint density at radius 1 is 1.52 bits per heavy atom. The van der Waals surface area contributed by atoms with Crippen molar-refractivity contribution in [1.29, 1.82) is 0 Å². The number of benzene rings is 1. The van der Waals surface area contributed by atoms with Gasteiger partial charge in [0.05, 0.1) is 25.2 Å². The molecule has 2 heterocycles. The summed E-state index contributed by atoms with van der Waals surface area (Å²) in [6, 6.07) is 5.96. The second-order valence-electron chi connectivity index (χ2n) is 4.92. The Morgan fingerprint density at radius 2 is 2.43 bits per heavy atom. The van der Waals surface area contributed by atoms with E-state index in [1.807, 2.05) is 18.3 Å². The predicted octanol–water partition coefficient (Wildman–Crippen LogP) is 2.54. The minimum atomic E-state index is -0.422. The lowest BCUT2D eigenvalue weighted by atomic mass is 10.1. The highest BCUT2D eigenvalue weighted by atomic mass is 16.5. The zero-order valence-electron chi connectivity index (χ0n) is 11.9. The molecular formula is C15H18N4O2. The highest BCUT2D eigenvalue weighted by molar-refractivity contribution is 5.86. The zero-order chi connectivity index (χ0) is 14.7. The molecule has 0 atom stereocenters. The first-order chi connectivity index (χ1) is 10.3. The van der Waals surface area contributed by atoms with Crippen molar-refractivity contribution in [3.8, 4) is 0 Å². The molecule has 6 heteroatoms. The molecule has 2 N–H and O–H groups in total. The van der Waals surface area contributed by atoms with Gasteiger partial charge in [-0.1, -0.05) is 6.07 Å². The molecule has 0 unspecified atom stereocenters. The van der Waals surface area contributed by atoms with Gasteiger partial charge in [0, 0.05) is 24.1 Å². The molecule has 1 aromatic carbocycles. The van der Waals surface area contributed by atoms with Gasteiger partial charge < -0.3 is 14.6 Å². The third-order valence-corrected chi connectivity index (χ3v) is 3.51. The maximum Gasteiger partial charge on any atom is 0.411 e. The number of aromatic nitrogens is 2. The second kappa shape index (κ2) is 5.87. The van der Waals surface area contributed by atoms with Crippen LogP contribution in [0.5, 0.6) is 0 Å². The third-order valence-electron chi connectivity index (χ3n) is 3.51. The number of carbonyl (C=O) groups excluding carboxylic acids is 1. The first kappa shape index (κ1) is 13.5. The van der Waals surface area contributed by atoms with Crippen LogP contribution in [-0.4, -0.2) is 29.2 Å². The lowest BCUT2D eigenvalue weighted by molar-refractivity contribution is 0.168. The molecular weight excluding hydrogens is 268 g/mol. The summed E-state index contributed by atoms with van der Waals surface area (Å²) in [6.45, 7) is 3.88. The number of H-pyrrole nitrogens is 1. The topological polar surface area (TPSA) is 70.2 Å². The normalized spacial score (nSPS) is 13.1. The number of fused-ring (bicyclic) bond motifs is 1. The van der Waals surface area contributed by atoms with Gasteiger partial charge in [-0.15, -0.1) is 0 Å². The largest absolute Gasteiger partial charge is 0.450 e. The van der Waals surface area contributed by atoms with Crippen LogP contribution in [0.15, 0.2) is 30.7 Å². The summed E-state index contributed by atoms with van der Waals surface area (Å²) in [5.74, 6) is 0. The van der Waals surface area contributed by atoms with Gasteiger partial charge in [-0.05, 0) is 31.0 Å². The van der Waals surface area contributed by atoms with E-state index in [1.54, 1.807) is 13.3 Å². The van der Waals surface area contributed by atoms with Gasteiger partial charge in [-0.3, -0.25) is 5.32 Å². The smallest absolute Gasteiger partial charge is 0.411 e. The van der Waals surface area contributed by atoms with Gasteiger partial charge >= 0.3 is 6.09 Å². The molecule has 2 aromatic rings. The van der Waals surface area contributed by atoms with Crippen LogP contribution in [0.1, 0.15) is 18.2 Å². The number of ether oxygens (including phenoxy) is 1. The van der Waals surface area contributed by atoms with E-state index in [9.17, 15) is 4.79 Å². The Hall–Kier alpha value is -2.50. The van der Waals surface area contributed by atoms with Crippen LogP contribution in [0.25, 0.3) is 0 Å². The Balaban J connectivity index is 1.75. The number of rotatable bonds is 4. The average molecular weight is 286 g/mol. The molecule has 0 fully saturated rings. The molecule has 21 heavy (non-hydrogen) atoms. The van der Waals surface area contributed by atoms with Crippen molar-refractivity contribution < 1.29 is 9.53 Å². The van der Waals surface area contributed by atoms with Crippen LogP contribution >= 0.6 is 0 Å². The fourth-order valence-corrected chi connectivity index (χ4v) is 2.55. The fraction of sp³-hybridized carbons (Fsp3) is 0.333. The van der Waals surface area contributed by atoms with E-state index in [-0.39, 0.29) is 0 Å². The minimum Gasteiger partial charge on any atom is -0.450 e. The van der Waals surface area contributed by atoms with E-state index in [0.717, 1.165) is 36.6 Å². The van der Waals surface area contributed by atoms with Crippen molar-refractivity contribution in [2.75, 3.05) is 23.4 Å². The molecule has 6 nitrogen and oxygen atoms in total. The number of hydrogen-bond donors (Lipinski definition) is 2. The quantitative estimate of drug-likeness (QED) is 0.906. The van der Waals surface area contributed by atoms with Crippen molar-refractivity contribution in [3.05, 3.63) is 42.0 Å². The molecule has 0 aliphatic carbocycles. The summed E-state index contributed by atoms with van der Waals surface area (Å²) >= 11 is 0. The molecule has 0 spiro atoms. The van der Waals surface area contributed by atoms with Crippen molar-refractivity contribution in [1.82, 2.24) is 9.97 Å². The van der Waals surface area contributed by atoms with Crippen LogP contribution in [-0.2, 0) is 17.7 Å². The summed E-state index contributed by atoms with van der Waals surface area (Å²) in [5, 5.41) is 2.74. The second-order valence-corrected chi connectivity index (χ2v) is 4.92. The van der Waals surface area contributed by atoms with E-state index in [4.69, 9.17) is 4.74 Å². The van der Waals surface area contributed by atoms with Gasteiger partial charge in [-0.25, -0.2) is 9.78 Å². The van der Waals surface area contributed by atoms with Crippen molar-refractivity contribution >= 4 is 17.5 Å². The van der Waals surface area contributed by atoms with Gasteiger partial charge in [0.15, 0.2) is 0 Å². The highest BCUT2D eigenvalue weighted by Crippen LogP contribution is 2.31. The van der Waals surface area contributed by atoms with Crippen LogP contribution < -0.4 is 10.2 Å². The first-order valence-corrected chi connectivity index (χ1v) is 7.05. The van der Waals surface area contributed by atoms with E-state index in [0.29, 0.717) is 6.61 Å². The lowest BCUT2D eigenvalue weighted by Gasteiger charge is -2.18. The van der Waals surface area contributed by atoms with Gasteiger partial charge in [-0.2, -0.15) is 0 Å². The fourth-order valence-electron chi connectivity index (χ4n) is 2.55. The number of aromatic amines is 1. The first-order valence-electron chi connectivity index (χ1n) is 7.05. The van der Waals surface area contributed by atoms with Crippen molar-refractivity contribution in [2.24, 2.45) is 0 Å². The standard InChI is InChI=1S/C15H18N4O2/c1-2-21-15(20)18-12-4-3-11-5-6-19(14(11)7-12)9-13-8-16-10-17-13/h3-4,7-8,10H,2,5-6,9H2,1H3,(H,16,17)(H,18,20).